The van der Waals surface area contributed by atoms with Crippen LogP contribution in [-0.2, 0) is 6.42 Å². The van der Waals surface area contributed by atoms with Crippen molar-refractivity contribution in [3.05, 3.63) is 59.4 Å². The first-order valence-corrected chi connectivity index (χ1v) is 5.84. The molecule has 0 saturated heterocycles. The summed E-state index contributed by atoms with van der Waals surface area (Å²) in [6.45, 7) is 0.361. The van der Waals surface area contributed by atoms with E-state index in [1.807, 2.05) is 0 Å². The van der Waals surface area contributed by atoms with Gasteiger partial charge in [0.2, 0.25) is 0 Å². The zero-order valence-electron chi connectivity index (χ0n) is 10.2. The smallest absolute Gasteiger partial charge is 0.160 e. The predicted molar refractivity (Wildman–Crippen MR) is 69.1 cm³/mol. The number of ether oxygens (including phenoxy) is 1. The number of halogens is 1. The van der Waals surface area contributed by atoms with Crippen molar-refractivity contribution in [2.45, 2.75) is 6.42 Å². The first kappa shape index (κ1) is 13.1. The predicted octanol–water partition coefficient (Wildman–Crippen LogP) is 2.97. The van der Waals surface area contributed by atoms with Gasteiger partial charge in [-0.15, -0.1) is 0 Å². The molecule has 2 aromatic carbocycles. The molecule has 0 spiro atoms. The highest BCUT2D eigenvalue weighted by Crippen LogP contribution is 2.26. The fourth-order valence-corrected chi connectivity index (χ4v) is 1.66. The second-order valence-corrected chi connectivity index (χ2v) is 4.07. The molecule has 0 heterocycles. The number of hydrogen-bond donors (Lipinski definition) is 1. The largest absolute Gasteiger partial charge is 0.504 e. The van der Waals surface area contributed by atoms with E-state index in [-0.39, 0.29) is 11.6 Å². The first-order valence-electron chi connectivity index (χ1n) is 5.84. The Morgan fingerprint density at radius 1 is 1.16 bits per heavy atom. The lowest BCUT2D eigenvalue weighted by Crippen LogP contribution is -2.01. The van der Waals surface area contributed by atoms with E-state index in [0.29, 0.717) is 30.6 Å². The number of aromatic hydroxyl groups is 1. The zero-order chi connectivity index (χ0) is 13.7. The molecular formula is C15H13FO3. The van der Waals surface area contributed by atoms with Gasteiger partial charge in [0, 0.05) is 12.0 Å². The number of carbonyl (C=O) groups is 1. The summed E-state index contributed by atoms with van der Waals surface area (Å²) in [7, 11) is 0. The van der Waals surface area contributed by atoms with Gasteiger partial charge >= 0.3 is 0 Å². The number of phenols is 1. The molecule has 0 aliphatic heterocycles. The molecule has 0 aliphatic rings. The van der Waals surface area contributed by atoms with Crippen LogP contribution in [0.2, 0.25) is 0 Å². The monoisotopic (exact) mass is 260 g/mol. The quantitative estimate of drug-likeness (QED) is 0.841. The maximum atomic E-state index is 12.7. The van der Waals surface area contributed by atoms with E-state index in [0.717, 1.165) is 5.56 Å². The normalized spacial score (nSPS) is 10.2. The minimum Gasteiger partial charge on any atom is -0.504 e. The van der Waals surface area contributed by atoms with Crippen molar-refractivity contribution in [2.75, 3.05) is 6.61 Å². The summed E-state index contributed by atoms with van der Waals surface area (Å²) in [4.78, 5) is 10.5. The fraction of sp³-hybridized carbons (Fsp3) is 0.133. The molecule has 3 nitrogen and oxygen atoms in total. The summed E-state index contributed by atoms with van der Waals surface area (Å²) in [6, 6.07) is 10.6. The number of aldehydes is 1. The summed E-state index contributed by atoms with van der Waals surface area (Å²) in [6.07, 6.45) is 1.26. The van der Waals surface area contributed by atoms with Crippen LogP contribution in [0, 0.1) is 5.82 Å². The molecule has 0 radical (unpaired) electrons. The van der Waals surface area contributed by atoms with Crippen LogP contribution >= 0.6 is 0 Å². The van der Waals surface area contributed by atoms with Crippen LogP contribution < -0.4 is 4.74 Å². The number of hydrogen-bond acceptors (Lipinski definition) is 3. The highest BCUT2D eigenvalue weighted by molar-refractivity contribution is 5.76. The number of carbonyl (C=O) groups excluding carboxylic acids is 1. The van der Waals surface area contributed by atoms with Crippen LogP contribution in [-0.4, -0.2) is 18.0 Å². The van der Waals surface area contributed by atoms with Gasteiger partial charge in [-0.2, -0.15) is 0 Å². The summed E-state index contributed by atoms with van der Waals surface area (Å²) >= 11 is 0. The summed E-state index contributed by atoms with van der Waals surface area (Å²) in [5, 5.41) is 9.62. The molecular weight excluding hydrogens is 247 g/mol. The average molecular weight is 260 g/mol. The maximum absolute atomic E-state index is 12.7. The molecule has 4 heteroatoms. The minimum atomic E-state index is -0.272. The Kier molecular flexibility index (Phi) is 4.13. The highest BCUT2D eigenvalue weighted by atomic mass is 19.1. The van der Waals surface area contributed by atoms with Crippen molar-refractivity contribution in [1.82, 2.24) is 0 Å². The van der Waals surface area contributed by atoms with Gasteiger partial charge in [-0.25, -0.2) is 4.39 Å². The van der Waals surface area contributed by atoms with Crippen LogP contribution in [0.4, 0.5) is 4.39 Å². The summed E-state index contributed by atoms with van der Waals surface area (Å²) in [5.74, 6) is -0.0109. The lowest BCUT2D eigenvalue weighted by Gasteiger charge is -2.08. The molecule has 98 valence electrons. The second-order valence-electron chi connectivity index (χ2n) is 4.07. The molecule has 0 aliphatic carbocycles. The van der Waals surface area contributed by atoms with Crippen molar-refractivity contribution in [2.24, 2.45) is 0 Å². The van der Waals surface area contributed by atoms with E-state index in [1.165, 1.54) is 18.2 Å². The molecule has 0 atom stereocenters. The Balaban J connectivity index is 1.92. The first-order chi connectivity index (χ1) is 9.19. The van der Waals surface area contributed by atoms with E-state index in [2.05, 4.69) is 0 Å². The molecule has 2 aromatic rings. The third-order valence-electron chi connectivity index (χ3n) is 2.68. The van der Waals surface area contributed by atoms with Crippen molar-refractivity contribution < 1.29 is 19.0 Å². The standard InChI is InChI=1S/C15H13FO3/c16-13-4-1-11(2-5-13)7-8-19-15-6-3-12(10-17)9-14(15)18/h1-6,9-10,18H,7-8H2. The van der Waals surface area contributed by atoms with Gasteiger partial charge in [0.05, 0.1) is 6.61 Å². The molecule has 0 saturated carbocycles. The van der Waals surface area contributed by atoms with Gasteiger partial charge in [-0.05, 0) is 35.9 Å². The van der Waals surface area contributed by atoms with Crippen LogP contribution in [0.3, 0.4) is 0 Å². The Bertz CT molecular complexity index is 564. The molecule has 1 N–H and O–H groups in total. The van der Waals surface area contributed by atoms with Crippen molar-refractivity contribution >= 4 is 6.29 Å². The third-order valence-corrected chi connectivity index (χ3v) is 2.68. The Hall–Kier alpha value is -2.36. The number of benzene rings is 2. The zero-order valence-corrected chi connectivity index (χ0v) is 10.2. The highest BCUT2D eigenvalue weighted by Gasteiger charge is 2.03. The van der Waals surface area contributed by atoms with Crippen molar-refractivity contribution in [1.29, 1.82) is 0 Å². The van der Waals surface area contributed by atoms with Crippen LogP contribution in [0.15, 0.2) is 42.5 Å². The lowest BCUT2D eigenvalue weighted by molar-refractivity contribution is 0.112. The number of phenolic OH excluding ortho intramolecular Hbond substituents is 1. The van der Waals surface area contributed by atoms with Gasteiger partial charge < -0.3 is 9.84 Å². The van der Waals surface area contributed by atoms with E-state index in [4.69, 9.17) is 4.74 Å². The third kappa shape index (κ3) is 3.55. The Labute approximate surface area is 110 Å². The Morgan fingerprint density at radius 2 is 1.89 bits per heavy atom. The van der Waals surface area contributed by atoms with Crippen molar-refractivity contribution in [3.8, 4) is 11.5 Å². The number of rotatable bonds is 5. The molecule has 0 bridgehead atoms. The van der Waals surface area contributed by atoms with Crippen molar-refractivity contribution in [3.63, 3.8) is 0 Å². The molecule has 0 aromatic heterocycles. The molecule has 0 amide bonds. The fourth-order valence-electron chi connectivity index (χ4n) is 1.66. The van der Waals surface area contributed by atoms with E-state index >= 15 is 0 Å². The van der Waals surface area contributed by atoms with E-state index in [9.17, 15) is 14.3 Å². The van der Waals surface area contributed by atoms with E-state index in [1.54, 1.807) is 24.3 Å². The lowest BCUT2D eigenvalue weighted by atomic mass is 10.1. The van der Waals surface area contributed by atoms with Crippen LogP contribution in [0.25, 0.3) is 0 Å². The second kappa shape index (κ2) is 6.00. The minimum absolute atomic E-state index is 0.0660. The van der Waals surface area contributed by atoms with Gasteiger partial charge in [-0.1, -0.05) is 12.1 Å². The summed E-state index contributed by atoms with van der Waals surface area (Å²) in [5.41, 5.74) is 1.34. The van der Waals surface area contributed by atoms with E-state index < -0.39 is 0 Å². The van der Waals surface area contributed by atoms with Gasteiger partial charge in [0.1, 0.15) is 12.1 Å². The van der Waals surface area contributed by atoms with Gasteiger partial charge in [0.25, 0.3) is 0 Å². The Morgan fingerprint density at radius 3 is 2.53 bits per heavy atom. The average Bonchev–Trinajstić information content (AvgIpc) is 2.42. The molecule has 0 fully saturated rings. The summed E-state index contributed by atoms with van der Waals surface area (Å²) < 4.78 is 18.1. The molecule has 0 unspecified atom stereocenters. The molecule has 19 heavy (non-hydrogen) atoms. The topological polar surface area (TPSA) is 46.5 Å². The van der Waals surface area contributed by atoms with Gasteiger partial charge in [0.15, 0.2) is 11.5 Å². The maximum Gasteiger partial charge on any atom is 0.160 e. The van der Waals surface area contributed by atoms with Crippen LogP contribution in [0.5, 0.6) is 11.5 Å². The SMILES string of the molecule is O=Cc1ccc(OCCc2ccc(F)cc2)c(O)c1. The van der Waals surface area contributed by atoms with Crippen LogP contribution in [0.1, 0.15) is 15.9 Å². The molecule has 2 rings (SSSR count). The van der Waals surface area contributed by atoms with Gasteiger partial charge in [-0.3, -0.25) is 4.79 Å².